The zero-order chi connectivity index (χ0) is 21.9. The van der Waals surface area contributed by atoms with Crippen molar-refractivity contribution in [3.8, 4) is 0 Å². The van der Waals surface area contributed by atoms with Crippen LogP contribution in [0.1, 0.15) is 33.1 Å². The zero-order valence-electron chi connectivity index (χ0n) is 16.1. The predicted octanol–water partition coefficient (Wildman–Crippen LogP) is -3.63. The molecule has 0 aromatic rings. The second-order valence-corrected chi connectivity index (χ2v) is 6.43. The van der Waals surface area contributed by atoms with Crippen molar-refractivity contribution in [3.05, 3.63) is 0 Å². The topological polar surface area (TPSA) is 217 Å². The minimum atomic E-state index is -1.44. The van der Waals surface area contributed by atoms with Gasteiger partial charge in [-0.15, -0.1) is 0 Å². The van der Waals surface area contributed by atoms with Crippen molar-refractivity contribution in [1.29, 1.82) is 0 Å². The molecule has 0 aliphatic heterocycles. The van der Waals surface area contributed by atoms with Crippen molar-refractivity contribution in [3.63, 3.8) is 0 Å². The number of carboxylic acid groups (broad SMARTS) is 1. The second-order valence-electron chi connectivity index (χ2n) is 6.43. The molecule has 0 spiro atoms. The number of carbonyl (C=O) groups excluding carboxylic acids is 3. The number of nitrogens with two attached hydrogens (primary N) is 2. The van der Waals surface area contributed by atoms with Gasteiger partial charge in [0.25, 0.3) is 0 Å². The van der Waals surface area contributed by atoms with Crippen LogP contribution in [0.15, 0.2) is 0 Å². The van der Waals surface area contributed by atoms with Gasteiger partial charge in [-0.25, -0.2) is 0 Å². The van der Waals surface area contributed by atoms with Crippen LogP contribution in [0.2, 0.25) is 0 Å². The van der Waals surface area contributed by atoms with Crippen LogP contribution in [-0.4, -0.2) is 82.4 Å². The van der Waals surface area contributed by atoms with E-state index in [9.17, 15) is 24.3 Å². The van der Waals surface area contributed by atoms with Crippen molar-refractivity contribution in [2.45, 2.75) is 63.4 Å². The minimum Gasteiger partial charge on any atom is -0.480 e. The van der Waals surface area contributed by atoms with Gasteiger partial charge in [-0.2, -0.15) is 0 Å². The number of aliphatic hydroxyl groups is 2. The van der Waals surface area contributed by atoms with Crippen LogP contribution in [0.25, 0.3) is 0 Å². The first-order valence-corrected chi connectivity index (χ1v) is 8.93. The van der Waals surface area contributed by atoms with Crippen molar-refractivity contribution in [2.24, 2.45) is 11.5 Å². The summed E-state index contributed by atoms with van der Waals surface area (Å²) in [4.78, 5) is 47.5. The fourth-order valence-corrected chi connectivity index (χ4v) is 2.15. The highest BCUT2D eigenvalue weighted by Crippen LogP contribution is 2.04. The molecule has 12 heteroatoms. The highest BCUT2D eigenvalue weighted by atomic mass is 16.4. The molecule has 3 amide bonds. The van der Waals surface area contributed by atoms with Gasteiger partial charge in [0.1, 0.15) is 24.2 Å². The van der Waals surface area contributed by atoms with E-state index in [2.05, 4.69) is 16.0 Å². The Labute approximate surface area is 163 Å². The molecule has 162 valence electrons. The zero-order valence-corrected chi connectivity index (χ0v) is 16.1. The Morgan fingerprint density at radius 1 is 0.964 bits per heavy atom. The average Bonchev–Trinajstić information content (AvgIpc) is 2.63. The molecule has 0 saturated carbocycles. The van der Waals surface area contributed by atoms with E-state index < -0.39 is 60.6 Å². The Balaban J connectivity index is 5.20. The lowest BCUT2D eigenvalue weighted by Crippen LogP contribution is -2.59. The Kier molecular flexibility index (Phi) is 11.9. The molecule has 0 radical (unpaired) electrons. The van der Waals surface area contributed by atoms with Crippen molar-refractivity contribution < 1.29 is 34.5 Å². The fourth-order valence-electron chi connectivity index (χ4n) is 2.15. The number of carbonyl (C=O) groups is 4. The number of amides is 3. The molecule has 0 bridgehead atoms. The lowest BCUT2D eigenvalue weighted by atomic mass is 10.1. The summed E-state index contributed by atoms with van der Waals surface area (Å²) in [5.41, 5.74) is 10.8. The molecule has 0 heterocycles. The highest BCUT2D eigenvalue weighted by Gasteiger charge is 2.31. The normalized spacial score (nSPS) is 16.2. The molecule has 0 aromatic heterocycles. The third-order valence-corrected chi connectivity index (χ3v) is 3.91. The van der Waals surface area contributed by atoms with E-state index in [4.69, 9.17) is 21.7 Å². The van der Waals surface area contributed by atoms with E-state index >= 15 is 0 Å². The molecule has 5 atom stereocenters. The Hall–Kier alpha value is -2.28. The van der Waals surface area contributed by atoms with E-state index in [1.165, 1.54) is 13.8 Å². The first-order valence-electron chi connectivity index (χ1n) is 8.93. The van der Waals surface area contributed by atoms with Gasteiger partial charge < -0.3 is 42.7 Å². The third kappa shape index (κ3) is 9.08. The van der Waals surface area contributed by atoms with E-state index in [0.717, 1.165) is 0 Å². The quantitative estimate of drug-likeness (QED) is 0.142. The van der Waals surface area contributed by atoms with Crippen molar-refractivity contribution >= 4 is 23.7 Å². The summed E-state index contributed by atoms with van der Waals surface area (Å²) in [5.74, 6) is -3.70. The standard InChI is InChI=1S/C16H31N5O7/c1-8(16(27)28)19-15(26)12(9(2)23)21-14(25)11(5-3-4-6-17)20-13(24)10(18)7-22/h8-12,22-23H,3-7,17-18H2,1-2H3,(H,19,26)(H,20,24)(H,21,25)(H,27,28). The molecule has 5 unspecified atom stereocenters. The van der Waals surface area contributed by atoms with Gasteiger partial charge in [0.15, 0.2) is 0 Å². The lowest BCUT2D eigenvalue weighted by Gasteiger charge is -2.26. The molecule has 0 rings (SSSR count). The number of carboxylic acids is 1. The summed E-state index contributed by atoms with van der Waals surface area (Å²) in [7, 11) is 0. The van der Waals surface area contributed by atoms with Crippen LogP contribution in [-0.2, 0) is 19.2 Å². The van der Waals surface area contributed by atoms with Crippen LogP contribution in [0, 0.1) is 0 Å². The number of hydrogen-bond donors (Lipinski definition) is 8. The largest absolute Gasteiger partial charge is 0.480 e. The van der Waals surface area contributed by atoms with Crippen LogP contribution < -0.4 is 27.4 Å². The number of nitrogens with one attached hydrogen (secondary N) is 3. The molecule has 12 nitrogen and oxygen atoms in total. The number of hydrogen-bond acceptors (Lipinski definition) is 8. The number of unbranched alkanes of at least 4 members (excludes halogenated alkanes) is 1. The second kappa shape index (κ2) is 13.0. The van der Waals surface area contributed by atoms with Gasteiger partial charge in [0, 0.05) is 0 Å². The van der Waals surface area contributed by atoms with E-state index in [-0.39, 0.29) is 6.42 Å². The number of aliphatic hydroxyl groups excluding tert-OH is 2. The predicted molar refractivity (Wildman–Crippen MR) is 98.7 cm³/mol. The van der Waals surface area contributed by atoms with Crippen LogP contribution in [0.4, 0.5) is 0 Å². The summed E-state index contributed by atoms with van der Waals surface area (Å²) in [6.07, 6.45) is -0.0652. The molecular weight excluding hydrogens is 374 g/mol. The van der Waals surface area contributed by atoms with Crippen LogP contribution in [0.3, 0.4) is 0 Å². The van der Waals surface area contributed by atoms with E-state index in [1.54, 1.807) is 0 Å². The Morgan fingerprint density at radius 2 is 1.57 bits per heavy atom. The Morgan fingerprint density at radius 3 is 2.04 bits per heavy atom. The van der Waals surface area contributed by atoms with E-state index in [0.29, 0.717) is 19.4 Å². The fraction of sp³-hybridized carbons (Fsp3) is 0.750. The maximum Gasteiger partial charge on any atom is 0.325 e. The summed E-state index contributed by atoms with van der Waals surface area (Å²) in [6, 6.07) is -4.97. The Bertz CT molecular complexity index is 543. The maximum absolute atomic E-state index is 12.6. The first-order chi connectivity index (χ1) is 13.0. The summed E-state index contributed by atoms with van der Waals surface area (Å²) < 4.78 is 0. The summed E-state index contributed by atoms with van der Waals surface area (Å²) in [6.45, 7) is 2.24. The molecule has 28 heavy (non-hydrogen) atoms. The molecule has 0 aliphatic carbocycles. The van der Waals surface area contributed by atoms with Gasteiger partial charge in [0.05, 0.1) is 12.7 Å². The average molecular weight is 405 g/mol. The van der Waals surface area contributed by atoms with Crippen LogP contribution in [0.5, 0.6) is 0 Å². The SMILES string of the molecule is CC(NC(=O)C(NC(=O)C(CCCCN)NC(=O)C(N)CO)C(C)O)C(=O)O. The smallest absolute Gasteiger partial charge is 0.325 e. The monoisotopic (exact) mass is 405 g/mol. The van der Waals surface area contributed by atoms with Gasteiger partial charge in [0.2, 0.25) is 17.7 Å². The molecule has 10 N–H and O–H groups in total. The highest BCUT2D eigenvalue weighted by molar-refractivity contribution is 5.94. The third-order valence-electron chi connectivity index (χ3n) is 3.91. The lowest BCUT2D eigenvalue weighted by molar-refractivity contribution is -0.142. The van der Waals surface area contributed by atoms with Gasteiger partial charge >= 0.3 is 5.97 Å². The van der Waals surface area contributed by atoms with Gasteiger partial charge in [-0.05, 0) is 39.7 Å². The van der Waals surface area contributed by atoms with Crippen LogP contribution >= 0.6 is 0 Å². The molecule has 0 fully saturated rings. The summed E-state index contributed by atoms with van der Waals surface area (Å²) in [5, 5.41) is 34.5. The van der Waals surface area contributed by atoms with Gasteiger partial charge in [-0.1, -0.05) is 0 Å². The number of rotatable bonds is 13. The first kappa shape index (κ1) is 25.7. The maximum atomic E-state index is 12.6. The number of aliphatic carboxylic acids is 1. The molecular formula is C16H31N5O7. The van der Waals surface area contributed by atoms with E-state index in [1.807, 2.05) is 0 Å². The molecule has 0 aromatic carbocycles. The van der Waals surface area contributed by atoms with Gasteiger partial charge in [-0.3, -0.25) is 19.2 Å². The molecule has 0 aliphatic rings. The summed E-state index contributed by atoms with van der Waals surface area (Å²) >= 11 is 0. The molecule has 0 saturated heterocycles. The minimum absolute atomic E-state index is 0.187. The van der Waals surface area contributed by atoms with Crippen molar-refractivity contribution in [2.75, 3.05) is 13.2 Å². The van der Waals surface area contributed by atoms with Crippen molar-refractivity contribution in [1.82, 2.24) is 16.0 Å².